The Morgan fingerprint density at radius 3 is 2.36 bits per heavy atom. The Labute approximate surface area is 141 Å². The number of ether oxygens (including phenoxy) is 1. The molecule has 0 bridgehead atoms. The van der Waals surface area contributed by atoms with Gasteiger partial charge in [-0.3, -0.25) is 0 Å². The van der Waals surface area contributed by atoms with Crippen LogP contribution in [0.4, 0.5) is 0 Å². The lowest BCUT2D eigenvalue weighted by molar-refractivity contribution is 0.306. The number of aromatic nitrogens is 3. The Bertz CT molecular complexity index is 737. The molecule has 0 N–H and O–H groups in total. The van der Waals surface area contributed by atoms with Gasteiger partial charge in [-0.15, -0.1) is 10.2 Å². The van der Waals surface area contributed by atoms with Gasteiger partial charge in [-0.2, -0.15) is 5.10 Å². The zero-order valence-corrected chi connectivity index (χ0v) is 13.8. The van der Waals surface area contributed by atoms with Gasteiger partial charge in [-0.25, -0.2) is 4.68 Å². The van der Waals surface area contributed by atoms with E-state index in [1.165, 1.54) is 16.2 Å². The topological polar surface area (TPSA) is 52.3 Å². The molecule has 3 rings (SSSR count). The molecule has 110 valence electrons. The Kier molecular flexibility index (Phi) is 4.79. The predicted molar refractivity (Wildman–Crippen MR) is 92.9 cm³/mol. The van der Waals surface area contributed by atoms with Crippen molar-refractivity contribution in [3.8, 4) is 5.75 Å². The molecule has 2 aromatic carbocycles. The van der Waals surface area contributed by atoms with Gasteiger partial charge >= 0.3 is 0 Å². The van der Waals surface area contributed by atoms with Crippen molar-refractivity contribution in [1.29, 1.82) is 0 Å². The molecule has 3 aromatic rings. The fourth-order valence-electron chi connectivity index (χ4n) is 1.79. The van der Waals surface area contributed by atoms with Gasteiger partial charge in [0, 0.05) is 3.57 Å². The van der Waals surface area contributed by atoms with Crippen molar-refractivity contribution in [2.75, 3.05) is 0 Å². The van der Waals surface area contributed by atoms with Gasteiger partial charge in [-0.1, -0.05) is 12.1 Å². The van der Waals surface area contributed by atoms with Crippen LogP contribution >= 0.6 is 22.6 Å². The van der Waals surface area contributed by atoms with Crippen molar-refractivity contribution in [2.24, 2.45) is 5.10 Å². The zero-order chi connectivity index (χ0) is 15.2. The fraction of sp³-hybridized carbons (Fsp3) is 0.0625. The lowest BCUT2D eigenvalue weighted by Gasteiger charge is -2.06. The van der Waals surface area contributed by atoms with Crippen LogP contribution in [0.15, 0.2) is 66.3 Å². The minimum atomic E-state index is 0.561. The summed E-state index contributed by atoms with van der Waals surface area (Å²) in [5, 5.41) is 11.6. The second-order valence-corrected chi connectivity index (χ2v) is 5.82. The normalized spacial score (nSPS) is 11.0. The van der Waals surface area contributed by atoms with Crippen molar-refractivity contribution in [3.63, 3.8) is 0 Å². The first-order valence-corrected chi connectivity index (χ1v) is 7.74. The summed E-state index contributed by atoms with van der Waals surface area (Å²) in [7, 11) is 0. The Balaban J connectivity index is 1.58. The third-order valence-electron chi connectivity index (χ3n) is 2.95. The molecule has 0 aliphatic heterocycles. The van der Waals surface area contributed by atoms with Gasteiger partial charge in [-0.05, 0) is 70.1 Å². The van der Waals surface area contributed by atoms with E-state index < -0.39 is 0 Å². The van der Waals surface area contributed by atoms with Crippen LogP contribution in [-0.2, 0) is 6.61 Å². The monoisotopic (exact) mass is 404 g/mol. The number of benzene rings is 2. The van der Waals surface area contributed by atoms with E-state index in [0.717, 1.165) is 16.9 Å². The maximum atomic E-state index is 5.77. The summed E-state index contributed by atoms with van der Waals surface area (Å²) in [4.78, 5) is 0. The van der Waals surface area contributed by atoms with Crippen LogP contribution in [0.5, 0.6) is 5.75 Å². The van der Waals surface area contributed by atoms with Gasteiger partial charge in [0.25, 0.3) is 0 Å². The van der Waals surface area contributed by atoms with E-state index in [2.05, 4.69) is 62.2 Å². The minimum absolute atomic E-state index is 0.561. The molecule has 0 aliphatic rings. The third kappa shape index (κ3) is 4.14. The Morgan fingerprint density at radius 2 is 1.68 bits per heavy atom. The van der Waals surface area contributed by atoms with Crippen molar-refractivity contribution >= 4 is 28.8 Å². The lowest BCUT2D eigenvalue weighted by atomic mass is 10.2. The van der Waals surface area contributed by atoms with Crippen molar-refractivity contribution in [3.05, 3.63) is 75.9 Å². The first-order valence-electron chi connectivity index (χ1n) is 6.66. The van der Waals surface area contributed by atoms with Gasteiger partial charge in [0.1, 0.15) is 25.0 Å². The lowest BCUT2D eigenvalue weighted by Crippen LogP contribution is -1.95. The average molecular weight is 404 g/mol. The van der Waals surface area contributed by atoms with Crippen LogP contribution in [-0.4, -0.2) is 21.1 Å². The molecule has 0 amide bonds. The molecule has 1 aromatic heterocycles. The molecule has 0 atom stereocenters. The number of halogens is 1. The molecule has 0 radical (unpaired) electrons. The quantitative estimate of drug-likeness (QED) is 0.484. The van der Waals surface area contributed by atoms with Crippen LogP contribution in [0, 0.1) is 3.57 Å². The van der Waals surface area contributed by atoms with Crippen LogP contribution in [0.1, 0.15) is 11.1 Å². The summed E-state index contributed by atoms with van der Waals surface area (Å²) in [5.74, 6) is 0.833. The standard InChI is InChI=1S/C16H13IN4O/c17-15-5-1-14(2-6-15)10-22-16-7-3-13(4-8-16)9-20-21-11-18-19-12-21/h1-9,11-12H,10H2/b20-9-. The smallest absolute Gasteiger partial charge is 0.141 e. The van der Waals surface area contributed by atoms with Crippen molar-refractivity contribution in [2.45, 2.75) is 6.61 Å². The van der Waals surface area contributed by atoms with E-state index in [1.54, 1.807) is 10.9 Å². The third-order valence-corrected chi connectivity index (χ3v) is 3.66. The molecule has 0 saturated heterocycles. The predicted octanol–water partition coefficient (Wildman–Crippen LogP) is 3.34. The fourth-order valence-corrected chi connectivity index (χ4v) is 2.15. The molecular formula is C16H13IN4O. The molecular weight excluding hydrogens is 391 g/mol. The van der Waals surface area contributed by atoms with Crippen LogP contribution in [0.2, 0.25) is 0 Å². The number of hydrogen-bond acceptors (Lipinski definition) is 4. The zero-order valence-electron chi connectivity index (χ0n) is 11.6. The Morgan fingerprint density at radius 1 is 1.00 bits per heavy atom. The summed E-state index contributed by atoms with van der Waals surface area (Å²) in [6, 6.07) is 16.1. The van der Waals surface area contributed by atoms with E-state index in [1.807, 2.05) is 24.3 Å². The van der Waals surface area contributed by atoms with E-state index in [0.29, 0.717) is 6.61 Å². The van der Waals surface area contributed by atoms with Crippen molar-refractivity contribution in [1.82, 2.24) is 14.9 Å². The van der Waals surface area contributed by atoms with Crippen LogP contribution in [0.3, 0.4) is 0 Å². The minimum Gasteiger partial charge on any atom is -0.489 e. The molecule has 0 spiro atoms. The van der Waals surface area contributed by atoms with Crippen LogP contribution < -0.4 is 4.74 Å². The highest BCUT2D eigenvalue weighted by Crippen LogP contribution is 2.14. The summed E-state index contributed by atoms with van der Waals surface area (Å²) in [5.41, 5.74) is 2.13. The Hall–Kier alpha value is -2.22. The number of nitrogens with zero attached hydrogens (tertiary/aromatic N) is 4. The number of rotatable bonds is 5. The van der Waals surface area contributed by atoms with Crippen LogP contribution in [0.25, 0.3) is 0 Å². The van der Waals surface area contributed by atoms with Gasteiger partial charge in [0.05, 0.1) is 6.21 Å². The second kappa shape index (κ2) is 7.17. The molecule has 0 unspecified atom stereocenters. The second-order valence-electron chi connectivity index (χ2n) is 4.57. The van der Waals surface area contributed by atoms with E-state index in [4.69, 9.17) is 4.74 Å². The van der Waals surface area contributed by atoms with Crippen molar-refractivity contribution < 1.29 is 4.74 Å². The van der Waals surface area contributed by atoms with Gasteiger partial charge < -0.3 is 4.74 Å². The summed E-state index contributed by atoms with van der Waals surface area (Å²) >= 11 is 2.29. The average Bonchev–Trinajstić information content (AvgIpc) is 3.07. The first kappa shape index (κ1) is 14.7. The van der Waals surface area contributed by atoms with Gasteiger partial charge in [0.2, 0.25) is 0 Å². The maximum Gasteiger partial charge on any atom is 0.141 e. The molecule has 1 heterocycles. The highest BCUT2D eigenvalue weighted by Gasteiger charge is 1.97. The summed E-state index contributed by atoms with van der Waals surface area (Å²) in [6.45, 7) is 0.561. The molecule has 0 aliphatic carbocycles. The maximum absolute atomic E-state index is 5.77. The number of hydrogen-bond donors (Lipinski definition) is 0. The highest BCUT2D eigenvalue weighted by molar-refractivity contribution is 14.1. The summed E-state index contributed by atoms with van der Waals surface area (Å²) in [6.07, 6.45) is 4.82. The van der Waals surface area contributed by atoms with Gasteiger partial charge in [0.15, 0.2) is 0 Å². The largest absolute Gasteiger partial charge is 0.489 e. The van der Waals surface area contributed by atoms with E-state index >= 15 is 0 Å². The van der Waals surface area contributed by atoms with E-state index in [9.17, 15) is 0 Å². The SMILES string of the molecule is Ic1ccc(COc2ccc(/C=N\n3cnnc3)cc2)cc1. The molecule has 5 nitrogen and oxygen atoms in total. The molecule has 6 heteroatoms. The highest BCUT2D eigenvalue weighted by atomic mass is 127. The van der Waals surface area contributed by atoms with E-state index in [-0.39, 0.29) is 0 Å². The summed E-state index contributed by atoms with van der Waals surface area (Å²) < 4.78 is 8.53. The first-order chi connectivity index (χ1) is 10.8. The molecule has 22 heavy (non-hydrogen) atoms. The molecule has 0 saturated carbocycles. The molecule has 0 fully saturated rings.